The number of hydrogen-bond acceptors (Lipinski definition) is 4. The summed E-state index contributed by atoms with van der Waals surface area (Å²) in [6.45, 7) is 2.99. The van der Waals surface area contributed by atoms with Crippen LogP contribution in [0.4, 0.5) is 5.69 Å². The Hall–Kier alpha value is -1.33. The molecule has 5 nitrogen and oxygen atoms in total. The van der Waals surface area contributed by atoms with Gasteiger partial charge in [-0.1, -0.05) is 6.08 Å². The Bertz CT molecular complexity index is 360. The van der Waals surface area contributed by atoms with Gasteiger partial charge in [-0.2, -0.15) is 5.10 Å². The largest absolute Gasteiger partial charge is 0.394 e. The molecule has 1 aromatic heterocycles. The molecule has 0 bridgehead atoms. The molecule has 0 saturated heterocycles. The van der Waals surface area contributed by atoms with Crippen molar-refractivity contribution in [3.63, 3.8) is 0 Å². The number of aliphatic hydroxyl groups is 1. The predicted molar refractivity (Wildman–Crippen MR) is 61.3 cm³/mol. The monoisotopic (exact) mass is 223 g/mol. The highest BCUT2D eigenvalue weighted by Crippen LogP contribution is 2.09. The average Bonchev–Trinajstić information content (AvgIpc) is 2.76. The van der Waals surface area contributed by atoms with Crippen LogP contribution in [0.15, 0.2) is 24.0 Å². The van der Waals surface area contributed by atoms with Crippen LogP contribution in [-0.4, -0.2) is 41.3 Å². The first kappa shape index (κ1) is 11.2. The summed E-state index contributed by atoms with van der Waals surface area (Å²) in [4.78, 5) is 0. The molecule has 0 aromatic carbocycles. The lowest BCUT2D eigenvalue weighted by Crippen LogP contribution is -2.13. The van der Waals surface area contributed by atoms with E-state index in [9.17, 15) is 0 Å². The summed E-state index contributed by atoms with van der Waals surface area (Å²) in [5, 5.41) is 16.1. The number of ether oxygens (including phenoxy) is 1. The molecule has 1 aromatic rings. The molecule has 0 amide bonds. The van der Waals surface area contributed by atoms with E-state index in [4.69, 9.17) is 9.84 Å². The van der Waals surface area contributed by atoms with E-state index in [-0.39, 0.29) is 6.61 Å². The zero-order chi connectivity index (χ0) is 11.2. The van der Waals surface area contributed by atoms with Crippen LogP contribution < -0.4 is 5.32 Å². The molecule has 0 atom stereocenters. The van der Waals surface area contributed by atoms with E-state index in [2.05, 4.69) is 16.5 Å². The minimum Gasteiger partial charge on any atom is -0.394 e. The molecule has 2 N–H and O–H groups in total. The number of aromatic nitrogens is 2. The van der Waals surface area contributed by atoms with Crippen molar-refractivity contribution in [2.75, 3.05) is 31.7 Å². The molecule has 0 fully saturated rings. The van der Waals surface area contributed by atoms with Gasteiger partial charge in [0, 0.05) is 12.7 Å². The normalized spacial score (nSPS) is 15.9. The smallest absolute Gasteiger partial charge is 0.0729 e. The molecular formula is C11H17N3O2. The summed E-state index contributed by atoms with van der Waals surface area (Å²) in [6.07, 6.45) is 6.87. The quantitative estimate of drug-likeness (QED) is 0.719. The standard InChI is InChI=1S/C11H17N3O2/c15-4-3-14-8-11(7-13-14)12-6-10-2-1-5-16-9-10/h2,7-8,12,15H,1,3-6,9H2. The Kier molecular flexibility index (Phi) is 3.96. The number of rotatable bonds is 5. The van der Waals surface area contributed by atoms with Crippen molar-refractivity contribution < 1.29 is 9.84 Å². The van der Waals surface area contributed by atoms with Gasteiger partial charge >= 0.3 is 0 Å². The summed E-state index contributed by atoms with van der Waals surface area (Å²) < 4.78 is 7.07. The van der Waals surface area contributed by atoms with E-state index in [0.717, 1.165) is 31.9 Å². The van der Waals surface area contributed by atoms with E-state index in [1.54, 1.807) is 10.9 Å². The number of nitrogens with one attached hydrogen (secondary N) is 1. The maximum Gasteiger partial charge on any atom is 0.0729 e. The first-order chi connectivity index (χ1) is 7.88. The van der Waals surface area contributed by atoms with Crippen LogP contribution in [0, 0.1) is 0 Å². The van der Waals surface area contributed by atoms with Crippen molar-refractivity contribution in [3.05, 3.63) is 24.0 Å². The number of hydrogen-bond donors (Lipinski definition) is 2. The van der Waals surface area contributed by atoms with Crippen LogP contribution in [0.1, 0.15) is 6.42 Å². The van der Waals surface area contributed by atoms with Crippen LogP contribution in [-0.2, 0) is 11.3 Å². The number of aliphatic hydroxyl groups excluding tert-OH is 1. The average molecular weight is 223 g/mol. The molecule has 2 heterocycles. The van der Waals surface area contributed by atoms with E-state index < -0.39 is 0 Å². The summed E-state index contributed by atoms with van der Waals surface area (Å²) >= 11 is 0. The molecule has 5 heteroatoms. The fourth-order valence-electron chi connectivity index (χ4n) is 1.63. The van der Waals surface area contributed by atoms with Crippen molar-refractivity contribution in [1.29, 1.82) is 0 Å². The highest BCUT2D eigenvalue weighted by Gasteiger charge is 2.04. The topological polar surface area (TPSA) is 59.3 Å². The van der Waals surface area contributed by atoms with Gasteiger partial charge in [-0.05, 0) is 12.0 Å². The highest BCUT2D eigenvalue weighted by molar-refractivity contribution is 5.39. The Morgan fingerprint density at radius 2 is 2.50 bits per heavy atom. The van der Waals surface area contributed by atoms with Crippen molar-refractivity contribution in [2.24, 2.45) is 0 Å². The van der Waals surface area contributed by atoms with Gasteiger partial charge in [0.1, 0.15) is 0 Å². The lowest BCUT2D eigenvalue weighted by molar-refractivity contribution is 0.150. The molecule has 16 heavy (non-hydrogen) atoms. The second kappa shape index (κ2) is 5.67. The summed E-state index contributed by atoms with van der Waals surface area (Å²) in [7, 11) is 0. The van der Waals surface area contributed by atoms with Gasteiger partial charge in [-0.3, -0.25) is 4.68 Å². The van der Waals surface area contributed by atoms with Gasteiger partial charge in [-0.25, -0.2) is 0 Å². The minimum atomic E-state index is 0.111. The molecule has 1 aliphatic heterocycles. The van der Waals surface area contributed by atoms with Crippen LogP contribution in [0.3, 0.4) is 0 Å². The molecule has 0 aliphatic carbocycles. The Balaban J connectivity index is 1.82. The SMILES string of the molecule is OCCn1cc(NCC2=CCCOC2)cn1. The van der Waals surface area contributed by atoms with Gasteiger partial charge in [-0.15, -0.1) is 0 Å². The second-order valence-electron chi connectivity index (χ2n) is 3.77. The summed E-state index contributed by atoms with van der Waals surface area (Å²) in [6, 6.07) is 0. The first-order valence-electron chi connectivity index (χ1n) is 5.51. The van der Waals surface area contributed by atoms with Crippen LogP contribution in [0.2, 0.25) is 0 Å². The fourth-order valence-corrected chi connectivity index (χ4v) is 1.63. The van der Waals surface area contributed by atoms with E-state index in [0.29, 0.717) is 6.54 Å². The van der Waals surface area contributed by atoms with Crippen LogP contribution in [0.25, 0.3) is 0 Å². The van der Waals surface area contributed by atoms with Crippen LogP contribution >= 0.6 is 0 Å². The maximum atomic E-state index is 8.76. The van der Waals surface area contributed by atoms with E-state index in [1.807, 2.05) is 6.20 Å². The molecule has 0 spiro atoms. The molecule has 0 unspecified atom stereocenters. The summed E-state index contributed by atoms with van der Waals surface area (Å²) in [5.41, 5.74) is 2.25. The van der Waals surface area contributed by atoms with Crippen molar-refractivity contribution in [3.8, 4) is 0 Å². The molecule has 0 radical (unpaired) electrons. The third kappa shape index (κ3) is 3.08. The third-order valence-corrected chi connectivity index (χ3v) is 2.46. The molecule has 2 rings (SSSR count). The van der Waals surface area contributed by atoms with Crippen molar-refractivity contribution in [1.82, 2.24) is 9.78 Å². The lowest BCUT2D eigenvalue weighted by Gasteiger charge is -2.13. The summed E-state index contributed by atoms with van der Waals surface area (Å²) in [5.74, 6) is 0. The van der Waals surface area contributed by atoms with Crippen molar-refractivity contribution in [2.45, 2.75) is 13.0 Å². The predicted octanol–water partition coefficient (Wildman–Crippen LogP) is 0.634. The first-order valence-corrected chi connectivity index (χ1v) is 5.51. The Morgan fingerprint density at radius 1 is 1.56 bits per heavy atom. The zero-order valence-electron chi connectivity index (χ0n) is 9.22. The maximum absolute atomic E-state index is 8.76. The number of anilines is 1. The zero-order valence-corrected chi connectivity index (χ0v) is 9.22. The minimum absolute atomic E-state index is 0.111. The molecule has 1 aliphatic rings. The van der Waals surface area contributed by atoms with Gasteiger partial charge in [0.2, 0.25) is 0 Å². The molecule has 88 valence electrons. The highest BCUT2D eigenvalue weighted by atomic mass is 16.5. The third-order valence-electron chi connectivity index (χ3n) is 2.46. The Labute approximate surface area is 94.7 Å². The van der Waals surface area contributed by atoms with E-state index in [1.165, 1.54) is 5.57 Å². The van der Waals surface area contributed by atoms with Crippen LogP contribution in [0.5, 0.6) is 0 Å². The number of nitrogens with zero attached hydrogens (tertiary/aromatic N) is 2. The Morgan fingerprint density at radius 3 is 3.25 bits per heavy atom. The van der Waals surface area contributed by atoms with Crippen molar-refractivity contribution >= 4 is 5.69 Å². The van der Waals surface area contributed by atoms with E-state index >= 15 is 0 Å². The van der Waals surface area contributed by atoms with Gasteiger partial charge in [0.05, 0.1) is 38.2 Å². The van der Waals surface area contributed by atoms with Gasteiger partial charge in [0.15, 0.2) is 0 Å². The van der Waals surface area contributed by atoms with Gasteiger partial charge < -0.3 is 15.2 Å². The lowest BCUT2D eigenvalue weighted by atomic mass is 10.2. The second-order valence-corrected chi connectivity index (χ2v) is 3.77. The van der Waals surface area contributed by atoms with Gasteiger partial charge in [0.25, 0.3) is 0 Å². The molecular weight excluding hydrogens is 206 g/mol. The fraction of sp³-hybridized carbons (Fsp3) is 0.545. The molecule has 0 saturated carbocycles.